The zero-order valence-corrected chi connectivity index (χ0v) is 13.2. The van der Waals surface area contributed by atoms with Crippen LogP contribution in [0.1, 0.15) is 21.5 Å². The number of amides is 2. The highest BCUT2D eigenvalue weighted by Gasteiger charge is 2.16. The molecule has 2 N–H and O–H groups in total. The fourth-order valence-electron chi connectivity index (χ4n) is 2.36. The topological polar surface area (TPSA) is 58.2 Å². The number of hydrogen-bond acceptors (Lipinski definition) is 3. The van der Waals surface area contributed by atoms with Crippen LogP contribution in [-0.4, -0.2) is 17.6 Å². The van der Waals surface area contributed by atoms with E-state index in [0.717, 1.165) is 21.7 Å². The van der Waals surface area contributed by atoms with E-state index in [2.05, 4.69) is 10.6 Å². The van der Waals surface area contributed by atoms with Crippen molar-refractivity contribution < 1.29 is 9.59 Å². The van der Waals surface area contributed by atoms with Crippen molar-refractivity contribution in [3.8, 4) is 0 Å². The van der Waals surface area contributed by atoms with Crippen molar-refractivity contribution in [3.05, 3.63) is 53.1 Å². The van der Waals surface area contributed by atoms with E-state index in [1.807, 2.05) is 44.2 Å². The summed E-state index contributed by atoms with van der Waals surface area (Å²) < 4.78 is 0. The van der Waals surface area contributed by atoms with Crippen molar-refractivity contribution >= 4 is 35.0 Å². The Morgan fingerprint density at radius 1 is 1.23 bits per heavy atom. The fourth-order valence-corrected chi connectivity index (χ4v) is 3.14. The summed E-state index contributed by atoms with van der Waals surface area (Å²) in [6, 6.07) is 11.2. The van der Waals surface area contributed by atoms with Crippen molar-refractivity contribution in [1.29, 1.82) is 0 Å². The van der Waals surface area contributed by atoms with Crippen molar-refractivity contribution in [2.24, 2.45) is 0 Å². The summed E-state index contributed by atoms with van der Waals surface area (Å²) in [5, 5.41) is 5.71. The number of nitrogens with one attached hydrogen (secondary N) is 2. The third-order valence-corrected chi connectivity index (χ3v) is 4.79. The minimum absolute atomic E-state index is 0.0181. The molecule has 0 aromatic heterocycles. The normalized spacial score (nSPS) is 13.3. The van der Waals surface area contributed by atoms with Gasteiger partial charge in [-0.25, -0.2) is 0 Å². The van der Waals surface area contributed by atoms with Gasteiger partial charge in [0.05, 0.1) is 11.4 Å². The van der Waals surface area contributed by atoms with Crippen molar-refractivity contribution in [1.82, 2.24) is 0 Å². The molecule has 3 rings (SSSR count). The summed E-state index contributed by atoms with van der Waals surface area (Å²) >= 11 is 1.50. The van der Waals surface area contributed by atoms with Gasteiger partial charge < -0.3 is 10.6 Å². The van der Waals surface area contributed by atoms with E-state index < -0.39 is 0 Å². The van der Waals surface area contributed by atoms with Gasteiger partial charge in [0.2, 0.25) is 5.91 Å². The first-order valence-corrected chi connectivity index (χ1v) is 7.97. The van der Waals surface area contributed by atoms with E-state index in [1.54, 1.807) is 6.07 Å². The van der Waals surface area contributed by atoms with Crippen LogP contribution in [0.5, 0.6) is 0 Å². The maximum absolute atomic E-state index is 12.4. The molecule has 0 aliphatic carbocycles. The van der Waals surface area contributed by atoms with Crippen LogP contribution in [0.2, 0.25) is 0 Å². The summed E-state index contributed by atoms with van der Waals surface area (Å²) in [6.45, 7) is 3.92. The molecule has 1 aliphatic rings. The van der Waals surface area contributed by atoms with Crippen LogP contribution in [0.15, 0.2) is 41.3 Å². The van der Waals surface area contributed by atoms with Gasteiger partial charge in [-0.3, -0.25) is 9.59 Å². The minimum atomic E-state index is -0.143. The number of anilines is 2. The summed E-state index contributed by atoms with van der Waals surface area (Å²) in [5.41, 5.74) is 4.15. The highest BCUT2D eigenvalue weighted by atomic mass is 32.2. The van der Waals surface area contributed by atoms with Crippen LogP contribution in [0.3, 0.4) is 0 Å². The third kappa shape index (κ3) is 2.85. The second kappa shape index (κ2) is 5.85. The van der Waals surface area contributed by atoms with Crippen LogP contribution in [0.4, 0.5) is 11.4 Å². The van der Waals surface area contributed by atoms with Crippen molar-refractivity contribution in [3.63, 3.8) is 0 Å². The zero-order valence-electron chi connectivity index (χ0n) is 12.4. The largest absolute Gasteiger partial charge is 0.324 e. The van der Waals surface area contributed by atoms with Gasteiger partial charge in [-0.2, -0.15) is 0 Å². The molecule has 1 heterocycles. The van der Waals surface area contributed by atoms with Gasteiger partial charge in [-0.1, -0.05) is 12.1 Å². The molecule has 5 heteroatoms. The van der Waals surface area contributed by atoms with E-state index >= 15 is 0 Å². The lowest BCUT2D eigenvalue weighted by Gasteiger charge is -2.17. The van der Waals surface area contributed by atoms with Gasteiger partial charge >= 0.3 is 0 Å². The first-order valence-electron chi connectivity index (χ1n) is 6.99. The molecule has 0 bridgehead atoms. The lowest BCUT2D eigenvalue weighted by molar-refractivity contribution is -0.113. The van der Waals surface area contributed by atoms with Gasteiger partial charge in [0.1, 0.15) is 0 Å². The fraction of sp³-hybridized carbons (Fsp3) is 0.176. The Balaban J connectivity index is 1.84. The number of fused-ring (bicyclic) bond motifs is 1. The van der Waals surface area contributed by atoms with E-state index in [4.69, 9.17) is 0 Å². The second-order valence-corrected chi connectivity index (χ2v) is 6.27. The maximum Gasteiger partial charge on any atom is 0.255 e. The Hall–Kier alpha value is -2.27. The molecule has 0 saturated heterocycles. The summed E-state index contributed by atoms with van der Waals surface area (Å²) in [4.78, 5) is 24.9. The first-order chi connectivity index (χ1) is 10.5. The summed E-state index contributed by atoms with van der Waals surface area (Å²) in [6.07, 6.45) is 0. The molecule has 0 fully saturated rings. The Morgan fingerprint density at radius 3 is 2.86 bits per heavy atom. The van der Waals surface area contributed by atoms with Crippen LogP contribution in [0.25, 0.3) is 0 Å². The molecule has 0 saturated carbocycles. The smallest absolute Gasteiger partial charge is 0.255 e. The van der Waals surface area contributed by atoms with E-state index in [9.17, 15) is 9.59 Å². The second-order valence-electron chi connectivity index (χ2n) is 5.25. The Bertz CT molecular complexity index is 771. The lowest BCUT2D eigenvalue weighted by Crippen LogP contribution is -2.19. The number of thioether (sulfide) groups is 1. The molecular weight excluding hydrogens is 296 g/mol. The highest BCUT2D eigenvalue weighted by molar-refractivity contribution is 8.00. The molecule has 4 nitrogen and oxygen atoms in total. The first kappa shape index (κ1) is 14.7. The predicted molar refractivity (Wildman–Crippen MR) is 89.7 cm³/mol. The van der Waals surface area contributed by atoms with Crippen LogP contribution in [0, 0.1) is 13.8 Å². The van der Waals surface area contributed by atoms with Gasteiger partial charge in [0.15, 0.2) is 0 Å². The van der Waals surface area contributed by atoms with E-state index in [1.165, 1.54) is 11.8 Å². The standard InChI is InChI=1S/C17H16N2O2S/c1-10-4-3-5-13(11(10)2)17(21)18-12-6-7-15-14(8-12)19-16(20)9-22-15/h3-8H,9H2,1-2H3,(H,18,21)(H,19,20). The van der Waals surface area contributed by atoms with Gasteiger partial charge in [-0.15, -0.1) is 11.8 Å². The molecule has 0 spiro atoms. The Labute approximate surface area is 133 Å². The molecule has 0 atom stereocenters. The van der Waals surface area contributed by atoms with Crippen LogP contribution < -0.4 is 10.6 Å². The monoisotopic (exact) mass is 312 g/mol. The minimum Gasteiger partial charge on any atom is -0.324 e. The summed E-state index contributed by atoms with van der Waals surface area (Å²) in [5.74, 6) is 0.271. The molecule has 22 heavy (non-hydrogen) atoms. The average Bonchev–Trinajstić information content (AvgIpc) is 2.49. The van der Waals surface area contributed by atoms with Crippen LogP contribution in [-0.2, 0) is 4.79 Å². The zero-order chi connectivity index (χ0) is 15.7. The molecule has 1 aliphatic heterocycles. The maximum atomic E-state index is 12.4. The SMILES string of the molecule is Cc1cccc(C(=O)Nc2ccc3c(c2)NC(=O)CS3)c1C. The average molecular weight is 312 g/mol. The summed E-state index contributed by atoms with van der Waals surface area (Å²) in [7, 11) is 0. The molecule has 0 radical (unpaired) electrons. The molecule has 2 aromatic carbocycles. The number of carbonyl (C=O) groups is 2. The van der Waals surface area contributed by atoms with Gasteiger partial charge in [0, 0.05) is 16.1 Å². The predicted octanol–water partition coefficient (Wildman–Crippen LogP) is 3.60. The molecule has 0 unspecified atom stereocenters. The Morgan fingerprint density at radius 2 is 2.05 bits per heavy atom. The van der Waals surface area contributed by atoms with Crippen LogP contribution >= 0.6 is 11.8 Å². The third-order valence-electron chi connectivity index (χ3n) is 3.72. The number of rotatable bonds is 2. The quantitative estimate of drug-likeness (QED) is 0.891. The Kier molecular flexibility index (Phi) is 3.90. The van der Waals surface area contributed by atoms with E-state index in [-0.39, 0.29) is 11.8 Å². The lowest BCUT2D eigenvalue weighted by atomic mass is 10.0. The molecule has 2 amide bonds. The van der Waals surface area contributed by atoms with Crippen molar-refractivity contribution in [2.45, 2.75) is 18.7 Å². The molecule has 2 aromatic rings. The number of aryl methyl sites for hydroxylation is 1. The molecular formula is C17H16N2O2S. The van der Waals surface area contributed by atoms with Crippen molar-refractivity contribution in [2.75, 3.05) is 16.4 Å². The molecule has 112 valence electrons. The van der Waals surface area contributed by atoms with Gasteiger partial charge in [-0.05, 0) is 49.2 Å². The number of hydrogen-bond donors (Lipinski definition) is 2. The number of carbonyl (C=O) groups excluding carboxylic acids is 2. The number of benzene rings is 2. The highest BCUT2D eigenvalue weighted by Crippen LogP contribution is 2.33. The van der Waals surface area contributed by atoms with E-state index in [0.29, 0.717) is 17.0 Å². The van der Waals surface area contributed by atoms with Gasteiger partial charge in [0.25, 0.3) is 5.91 Å².